The van der Waals surface area contributed by atoms with E-state index < -0.39 is 7.12 Å². The van der Waals surface area contributed by atoms with Crippen molar-refractivity contribution in [2.45, 2.75) is 20.8 Å². The van der Waals surface area contributed by atoms with Crippen LogP contribution in [0.5, 0.6) is 17.2 Å². The van der Waals surface area contributed by atoms with Crippen molar-refractivity contribution in [2.75, 3.05) is 7.11 Å². The maximum absolute atomic E-state index is 9.28. The van der Waals surface area contributed by atoms with Gasteiger partial charge in [-0.3, -0.25) is 0 Å². The van der Waals surface area contributed by atoms with Crippen LogP contribution >= 0.6 is 97.7 Å². The average Bonchev–Trinajstić information content (AvgIpc) is 3.78. The number of thiazole rings is 3. The Hall–Kier alpha value is -2.15. The predicted molar refractivity (Wildman–Crippen MR) is 208 cm³/mol. The minimum absolute atomic E-state index is 0.121. The molecule has 6 rings (SSSR count). The maximum Gasteiger partial charge on any atom is 0.488 e. The van der Waals surface area contributed by atoms with Gasteiger partial charge < -0.3 is 25.0 Å². The SMILES string of the molecule is Brc1cnc(Br)s1.COc1cc(B(O)O)ccc1C.Cc1ccc(-c2ncc(Br)s2)cc1C.Oc1ccc(-c2ncc(Br)s2)cc1O. The highest BCUT2D eigenvalue weighted by molar-refractivity contribution is 9.12. The molecule has 47 heavy (non-hydrogen) atoms. The molecule has 0 saturated carbocycles. The van der Waals surface area contributed by atoms with Gasteiger partial charge >= 0.3 is 7.12 Å². The van der Waals surface area contributed by atoms with E-state index in [1.54, 1.807) is 66.4 Å². The molecule has 0 unspecified atom stereocenters. The van der Waals surface area contributed by atoms with Crippen LogP contribution in [0.3, 0.4) is 0 Å². The molecule has 8 nitrogen and oxygen atoms in total. The van der Waals surface area contributed by atoms with E-state index in [0.717, 1.165) is 36.4 Å². The molecule has 0 aliphatic rings. The fourth-order valence-electron chi connectivity index (χ4n) is 3.54. The molecule has 0 fully saturated rings. The van der Waals surface area contributed by atoms with E-state index in [-0.39, 0.29) is 11.5 Å². The Morgan fingerprint density at radius 3 is 1.57 bits per heavy atom. The largest absolute Gasteiger partial charge is 0.504 e. The zero-order chi connectivity index (χ0) is 34.7. The molecule has 0 aliphatic carbocycles. The van der Waals surface area contributed by atoms with Crippen molar-refractivity contribution in [1.29, 1.82) is 0 Å². The highest BCUT2D eigenvalue weighted by atomic mass is 79.9. The lowest BCUT2D eigenvalue weighted by Crippen LogP contribution is -2.29. The number of nitrogens with zero attached hydrogens (tertiary/aromatic N) is 3. The molecule has 0 atom stereocenters. The molecule has 246 valence electrons. The van der Waals surface area contributed by atoms with Crippen LogP contribution in [-0.4, -0.2) is 49.4 Å². The number of hydrogen-bond acceptors (Lipinski definition) is 11. The van der Waals surface area contributed by atoms with Crippen LogP contribution in [-0.2, 0) is 0 Å². The van der Waals surface area contributed by atoms with Crippen molar-refractivity contribution < 1.29 is 25.0 Å². The molecule has 3 heterocycles. The molecule has 3 aromatic carbocycles. The van der Waals surface area contributed by atoms with Gasteiger partial charge in [-0.1, -0.05) is 24.3 Å². The van der Waals surface area contributed by atoms with E-state index in [1.807, 2.05) is 13.1 Å². The number of aryl methyl sites for hydroxylation is 3. The van der Waals surface area contributed by atoms with Crippen LogP contribution in [0.25, 0.3) is 21.1 Å². The summed E-state index contributed by atoms with van der Waals surface area (Å²) < 4.78 is 8.99. The molecule has 16 heteroatoms. The summed E-state index contributed by atoms with van der Waals surface area (Å²) in [6.07, 6.45) is 5.30. The number of rotatable bonds is 4. The fourth-order valence-corrected chi connectivity index (χ4v) is 8.16. The first-order valence-electron chi connectivity index (χ1n) is 13.4. The van der Waals surface area contributed by atoms with E-state index in [4.69, 9.17) is 19.9 Å². The van der Waals surface area contributed by atoms with Gasteiger partial charge in [-0.25, -0.2) is 15.0 Å². The molecule has 0 amide bonds. The molecule has 0 spiro atoms. The third-order valence-corrected chi connectivity index (χ3v) is 11.1. The van der Waals surface area contributed by atoms with Gasteiger partial charge in [-0.15, -0.1) is 34.0 Å². The van der Waals surface area contributed by atoms with Gasteiger partial charge in [0, 0.05) is 11.1 Å². The van der Waals surface area contributed by atoms with E-state index in [2.05, 4.69) is 111 Å². The van der Waals surface area contributed by atoms with Gasteiger partial charge in [-0.2, -0.15) is 0 Å². The number of benzene rings is 3. The zero-order valence-corrected chi connectivity index (χ0v) is 34.1. The number of hydrogen-bond donors (Lipinski definition) is 4. The lowest BCUT2D eigenvalue weighted by molar-refractivity contribution is 0.404. The maximum atomic E-state index is 9.28. The molecule has 0 aliphatic heterocycles. The fraction of sp³-hybridized carbons (Fsp3) is 0.129. The van der Waals surface area contributed by atoms with Gasteiger partial charge in [0.25, 0.3) is 0 Å². The van der Waals surface area contributed by atoms with Gasteiger partial charge in [-0.05, 0) is 137 Å². The molecule has 0 bridgehead atoms. The van der Waals surface area contributed by atoms with E-state index in [0.29, 0.717) is 11.2 Å². The van der Waals surface area contributed by atoms with Gasteiger partial charge in [0.15, 0.2) is 15.4 Å². The monoisotopic (exact) mass is 945 g/mol. The number of halogens is 4. The summed E-state index contributed by atoms with van der Waals surface area (Å²) in [5, 5.41) is 37.9. The summed E-state index contributed by atoms with van der Waals surface area (Å²) in [6.45, 7) is 6.14. The van der Waals surface area contributed by atoms with Gasteiger partial charge in [0.1, 0.15) is 15.8 Å². The van der Waals surface area contributed by atoms with Crippen LogP contribution in [0, 0.1) is 20.8 Å². The highest BCUT2D eigenvalue weighted by Gasteiger charge is 2.12. The third kappa shape index (κ3) is 12.7. The van der Waals surface area contributed by atoms with Crippen molar-refractivity contribution in [1.82, 2.24) is 15.0 Å². The van der Waals surface area contributed by atoms with Gasteiger partial charge in [0.05, 0.1) is 37.1 Å². The lowest BCUT2D eigenvalue weighted by atomic mass is 9.80. The van der Waals surface area contributed by atoms with Crippen LogP contribution in [0.1, 0.15) is 16.7 Å². The molecule has 4 N–H and O–H groups in total. The van der Waals surface area contributed by atoms with Crippen molar-refractivity contribution in [3.8, 4) is 38.4 Å². The molecule has 0 saturated heterocycles. The quantitative estimate of drug-likeness (QED) is 0.102. The van der Waals surface area contributed by atoms with Crippen molar-refractivity contribution >= 4 is 110 Å². The summed E-state index contributed by atoms with van der Waals surface area (Å²) in [5.74, 6) is 0.416. The van der Waals surface area contributed by atoms with Crippen LogP contribution < -0.4 is 10.2 Å². The summed E-state index contributed by atoms with van der Waals surface area (Å²) in [5.41, 5.74) is 6.04. The molecular weight excluding hydrogens is 921 g/mol. The Morgan fingerprint density at radius 1 is 0.617 bits per heavy atom. The number of aromatic nitrogens is 3. The van der Waals surface area contributed by atoms with E-state index in [1.165, 1.54) is 40.2 Å². The smallest absolute Gasteiger partial charge is 0.488 e. The number of methoxy groups -OCH3 is 1. The first kappa shape index (κ1) is 39.3. The second-order valence-electron chi connectivity index (χ2n) is 9.46. The second kappa shape index (κ2) is 19.1. The van der Waals surface area contributed by atoms with Crippen LogP contribution in [0.4, 0.5) is 0 Å². The first-order chi connectivity index (χ1) is 22.3. The first-order valence-corrected chi connectivity index (χ1v) is 19.0. The summed E-state index contributed by atoms with van der Waals surface area (Å²) in [7, 11) is 0.120. The topological polar surface area (TPSA) is 129 Å². The number of aromatic hydroxyl groups is 2. The van der Waals surface area contributed by atoms with Gasteiger partial charge in [0.2, 0.25) is 0 Å². The number of phenols is 2. The lowest BCUT2D eigenvalue weighted by Gasteiger charge is -2.06. The van der Waals surface area contributed by atoms with Crippen LogP contribution in [0.2, 0.25) is 0 Å². The normalized spacial score (nSPS) is 10.1. The summed E-state index contributed by atoms with van der Waals surface area (Å²) in [6, 6.07) is 16.1. The van der Waals surface area contributed by atoms with Crippen molar-refractivity contribution in [3.63, 3.8) is 0 Å². The van der Waals surface area contributed by atoms with Crippen molar-refractivity contribution in [3.05, 3.63) is 105 Å². The number of phenolic OH excluding ortho intramolecular Hbond substituents is 2. The average molecular weight is 949 g/mol. The summed E-state index contributed by atoms with van der Waals surface area (Å²) >= 11 is 17.9. The molecular formula is C31H28BBr4N3O5S3. The summed E-state index contributed by atoms with van der Waals surface area (Å²) in [4.78, 5) is 12.4. The Bertz CT molecular complexity index is 1800. The predicted octanol–water partition coefficient (Wildman–Crippen LogP) is 9.52. The minimum Gasteiger partial charge on any atom is -0.504 e. The molecule has 6 aromatic rings. The number of ether oxygens (including phenoxy) is 1. The standard InChI is InChI=1S/C11H10BrNS.C9H6BrNO2S.C8H11BO3.C3HBr2NS/c1-7-3-4-9(5-8(7)2)11-13-6-10(12)14-11;10-8-4-11-9(14-8)5-1-2-6(12)7(13)3-5;1-6-3-4-7(9(10)11)5-8(6)12-2;4-2-1-6-3(5)7-2/h3-6H,1-2H3;1-4,12-13H;3-5,10-11H,1-2H3;1H. The van der Waals surface area contributed by atoms with Crippen LogP contribution in [0.15, 0.2) is 88.5 Å². The van der Waals surface area contributed by atoms with Crippen molar-refractivity contribution in [2.24, 2.45) is 0 Å². The molecule has 3 aromatic heterocycles. The van der Waals surface area contributed by atoms with E-state index in [9.17, 15) is 5.11 Å². The third-order valence-electron chi connectivity index (χ3n) is 6.11. The van der Waals surface area contributed by atoms with E-state index >= 15 is 0 Å². The molecule has 0 radical (unpaired) electrons. The minimum atomic E-state index is -1.43. The Kier molecular flexibility index (Phi) is 16.0. The second-order valence-corrected chi connectivity index (χ2v) is 18.0. The highest BCUT2D eigenvalue weighted by Crippen LogP contribution is 2.34. The zero-order valence-electron chi connectivity index (χ0n) is 25.3. The Morgan fingerprint density at radius 2 is 1.15 bits per heavy atom. The Labute approximate surface area is 318 Å². The Balaban J connectivity index is 0.000000175.